The first kappa shape index (κ1) is 13.5. The molecule has 0 fully saturated rings. The number of carboxylic acid groups (broad SMARTS) is 1. The van der Waals surface area contributed by atoms with E-state index in [1.54, 1.807) is 0 Å². The molecule has 0 radical (unpaired) electrons. The van der Waals surface area contributed by atoms with Crippen molar-refractivity contribution in [2.75, 3.05) is 12.4 Å². The number of unbranched alkanes of at least 4 members (excludes halogenated alkanes) is 1. The van der Waals surface area contributed by atoms with Gasteiger partial charge in [0.2, 0.25) is 0 Å². The maximum Gasteiger partial charge on any atom is 0.319 e. The zero-order chi connectivity index (χ0) is 11.0. The summed E-state index contributed by atoms with van der Waals surface area (Å²) in [5.74, 6) is -0.882. The fraction of sp³-hybridized carbons (Fsp3) is 0.889. The first-order valence-electron chi connectivity index (χ1n) is 4.79. The zero-order valence-corrected chi connectivity index (χ0v) is 9.19. The largest absolute Gasteiger partial charge is 0.480 e. The van der Waals surface area contributed by atoms with Crippen molar-refractivity contribution in [3.05, 3.63) is 0 Å². The van der Waals surface area contributed by atoms with Crippen LogP contribution in [0.4, 0.5) is 4.39 Å². The van der Waals surface area contributed by atoms with E-state index in [0.717, 1.165) is 12.8 Å². The van der Waals surface area contributed by atoms with Gasteiger partial charge in [-0.25, -0.2) is 0 Å². The minimum atomic E-state index is -1.43. The van der Waals surface area contributed by atoms with E-state index in [9.17, 15) is 13.4 Å². The van der Waals surface area contributed by atoms with E-state index in [1.165, 1.54) is 0 Å². The van der Waals surface area contributed by atoms with Gasteiger partial charge in [0.05, 0.1) is 6.67 Å². The summed E-state index contributed by atoms with van der Waals surface area (Å²) in [6.45, 7) is 1.41. The molecule has 2 unspecified atom stereocenters. The van der Waals surface area contributed by atoms with Crippen molar-refractivity contribution in [3.63, 3.8) is 0 Å². The maximum absolute atomic E-state index is 11.8. The van der Waals surface area contributed by atoms with Gasteiger partial charge in [-0.2, -0.15) is 0 Å². The van der Waals surface area contributed by atoms with Crippen molar-refractivity contribution in [2.45, 2.75) is 37.9 Å². The molecule has 14 heavy (non-hydrogen) atoms. The maximum atomic E-state index is 11.8. The molecule has 0 aliphatic heterocycles. The molecule has 0 aromatic rings. The van der Waals surface area contributed by atoms with Gasteiger partial charge in [0.25, 0.3) is 0 Å². The van der Waals surface area contributed by atoms with Crippen molar-refractivity contribution in [2.24, 2.45) is 0 Å². The lowest BCUT2D eigenvalue weighted by Crippen LogP contribution is -2.27. The molecule has 0 aliphatic rings. The summed E-state index contributed by atoms with van der Waals surface area (Å²) in [6.07, 6.45) is 2.23. The molecule has 2 atom stereocenters. The SMILES string of the molecule is CCCCC(C(=O)O)S(=O)CCCF. The molecule has 0 aliphatic carbocycles. The third-order valence-electron chi connectivity index (χ3n) is 1.89. The molecule has 0 spiro atoms. The lowest BCUT2D eigenvalue weighted by atomic mass is 10.2. The molecule has 0 amide bonds. The van der Waals surface area contributed by atoms with E-state index in [1.807, 2.05) is 6.92 Å². The van der Waals surface area contributed by atoms with E-state index in [0.29, 0.717) is 6.42 Å². The number of aliphatic carboxylic acids is 1. The predicted octanol–water partition coefficient (Wildman–Crippen LogP) is 1.74. The fourth-order valence-corrected chi connectivity index (χ4v) is 2.43. The van der Waals surface area contributed by atoms with Crippen LogP contribution in [0.15, 0.2) is 0 Å². The minimum Gasteiger partial charge on any atom is -0.480 e. The van der Waals surface area contributed by atoms with Crippen molar-refractivity contribution < 1.29 is 18.5 Å². The Balaban J connectivity index is 4.05. The van der Waals surface area contributed by atoms with Gasteiger partial charge in [-0.05, 0) is 12.8 Å². The lowest BCUT2D eigenvalue weighted by Gasteiger charge is -2.10. The van der Waals surface area contributed by atoms with Gasteiger partial charge in [-0.1, -0.05) is 19.8 Å². The van der Waals surface area contributed by atoms with Crippen LogP contribution in [0.3, 0.4) is 0 Å². The molecule has 0 heterocycles. The highest BCUT2D eigenvalue weighted by Gasteiger charge is 2.23. The molecule has 84 valence electrons. The zero-order valence-electron chi connectivity index (χ0n) is 8.37. The van der Waals surface area contributed by atoms with Gasteiger partial charge in [0.1, 0.15) is 5.25 Å². The summed E-state index contributed by atoms with van der Waals surface area (Å²) in [6, 6.07) is 0. The summed E-state index contributed by atoms with van der Waals surface area (Å²) in [5, 5.41) is 7.96. The molecule has 0 aromatic heterocycles. The molecule has 5 heteroatoms. The van der Waals surface area contributed by atoms with E-state index in [-0.39, 0.29) is 12.2 Å². The normalized spacial score (nSPS) is 15.0. The predicted molar refractivity (Wildman–Crippen MR) is 54.6 cm³/mol. The molecule has 3 nitrogen and oxygen atoms in total. The molecule has 0 rings (SSSR count). The monoisotopic (exact) mass is 224 g/mol. The van der Waals surface area contributed by atoms with Gasteiger partial charge in [0, 0.05) is 16.6 Å². The highest BCUT2D eigenvalue weighted by atomic mass is 32.2. The Morgan fingerprint density at radius 1 is 1.50 bits per heavy atom. The number of carboxylic acids is 1. The molecular weight excluding hydrogens is 207 g/mol. The summed E-state index contributed by atoms with van der Waals surface area (Å²) in [7, 11) is -1.43. The summed E-state index contributed by atoms with van der Waals surface area (Å²) in [5.41, 5.74) is 0. The second-order valence-electron chi connectivity index (χ2n) is 3.10. The van der Waals surface area contributed by atoms with Crippen molar-refractivity contribution in [1.29, 1.82) is 0 Å². The van der Waals surface area contributed by atoms with Crippen LogP contribution in [0, 0.1) is 0 Å². The standard InChI is InChI=1S/C9H17FO3S/c1-2-3-5-8(9(11)12)14(13)7-4-6-10/h8H,2-7H2,1H3,(H,11,12). The minimum absolute atomic E-state index is 0.150. The van der Waals surface area contributed by atoms with E-state index < -0.39 is 28.7 Å². The lowest BCUT2D eigenvalue weighted by molar-refractivity contribution is -0.136. The van der Waals surface area contributed by atoms with Gasteiger partial charge >= 0.3 is 5.97 Å². The Bertz CT molecular complexity index is 196. The third-order valence-corrected chi connectivity index (χ3v) is 3.65. The average Bonchev–Trinajstić information content (AvgIpc) is 2.14. The molecule has 0 saturated heterocycles. The Kier molecular flexibility index (Phi) is 7.65. The fourth-order valence-electron chi connectivity index (χ4n) is 1.10. The Morgan fingerprint density at radius 2 is 2.14 bits per heavy atom. The Morgan fingerprint density at radius 3 is 2.57 bits per heavy atom. The van der Waals surface area contributed by atoms with E-state index in [4.69, 9.17) is 5.11 Å². The Labute approximate surface area is 86.2 Å². The van der Waals surface area contributed by atoms with Crippen LogP contribution in [-0.2, 0) is 15.6 Å². The van der Waals surface area contributed by atoms with Crippen LogP contribution in [0.5, 0.6) is 0 Å². The van der Waals surface area contributed by atoms with Crippen LogP contribution < -0.4 is 0 Å². The van der Waals surface area contributed by atoms with Gasteiger partial charge < -0.3 is 5.11 Å². The van der Waals surface area contributed by atoms with Gasteiger partial charge in [-0.3, -0.25) is 13.4 Å². The molecule has 1 N–H and O–H groups in total. The van der Waals surface area contributed by atoms with Crippen molar-refractivity contribution in [3.8, 4) is 0 Å². The molecule has 0 aromatic carbocycles. The first-order chi connectivity index (χ1) is 6.63. The number of halogens is 1. The first-order valence-corrected chi connectivity index (χ1v) is 6.17. The summed E-state index contributed by atoms with van der Waals surface area (Å²) >= 11 is 0. The van der Waals surface area contributed by atoms with Crippen LogP contribution >= 0.6 is 0 Å². The molecule has 0 saturated carbocycles. The van der Waals surface area contributed by atoms with Crippen LogP contribution in [0.2, 0.25) is 0 Å². The second-order valence-corrected chi connectivity index (χ2v) is 4.84. The highest BCUT2D eigenvalue weighted by Crippen LogP contribution is 2.09. The average molecular weight is 224 g/mol. The van der Waals surface area contributed by atoms with Gasteiger partial charge in [0.15, 0.2) is 0 Å². The second kappa shape index (κ2) is 7.91. The van der Waals surface area contributed by atoms with E-state index >= 15 is 0 Å². The number of alkyl halides is 1. The Hall–Kier alpha value is -0.450. The summed E-state index contributed by atoms with van der Waals surface area (Å²) < 4.78 is 23.2. The van der Waals surface area contributed by atoms with E-state index in [2.05, 4.69) is 0 Å². The summed E-state index contributed by atoms with van der Waals surface area (Å²) in [4.78, 5) is 10.7. The van der Waals surface area contributed by atoms with Crippen LogP contribution in [-0.4, -0.2) is 33.0 Å². The highest BCUT2D eigenvalue weighted by molar-refractivity contribution is 7.86. The van der Waals surface area contributed by atoms with Gasteiger partial charge in [-0.15, -0.1) is 0 Å². The topological polar surface area (TPSA) is 54.4 Å². The molecular formula is C9H17FO3S. The smallest absolute Gasteiger partial charge is 0.319 e. The van der Waals surface area contributed by atoms with Crippen LogP contribution in [0.1, 0.15) is 32.6 Å². The van der Waals surface area contributed by atoms with Crippen LogP contribution in [0.25, 0.3) is 0 Å². The number of rotatable bonds is 8. The number of hydrogen-bond acceptors (Lipinski definition) is 2. The number of hydrogen-bond donors (Lipinski definition) is 1. The van der Waals surface area contributed by atoms with Crippen molar-refractivity contribution >= 4 is 16.8 Å². The van der Waals surface area contributed by atoms with Crippen molar-refractivity contribution in [1.82, 2.24) is 0 Å². The molecule has 0 bridgehead atoms. The quantitative estimate of drug-likeness (QED) is 0.683. The number of carbonyl (C=O) groups is 1. The third kappa shape index (κ3) is 5.32.